The van der Waals surface area contributed by atoms with Crippen LogP contribution >= 0.6 is 0 Å². The molecule has 1 aliphatic heterocycles. The van der Waals surface area contributed by atoms with E-state index in [2.05, 4.69) is 15.3 Å². The van der Waals surface area contributed by atoms with Crippen LogP contribution in [0, 0.1) is 5.82 Å². The lowest BCUT2D eigenvalue weighted by atomic mass is 10.1. The van der Waals surface area contributed by atoms with Gasteiger partial charge in [0.2, 0.25) is 0 Å². The van der Waals surface area contributed by atoms with Gasteiger partial charge >= 0.3 is 0 Å². The molecule has 162 valence electrons. The first kappa shape index (κ1) is 21.1. The van der Waals surface area contributed by atoms with E-state index in [-0.39, 0.29) is 11.7 Å². The topological polar surface area (TPSA) is 59.4 Å². The number of carbonyl (C=O) groups is 1. The second-order valence-corrected chi connectivity index (χ2v) is 7.69. The van der Waals surface area contributed by atoms with Crippen LogP contribution < -0.4 is 10.1 Å². The molecule has 1 N–H and O–H groups in total. The van der Waals surface area contributed by atoms with Crippen LogP contribution in [0.5, 0.6) is 5.75 Å². The minimum atomic E-state index is -0.337. The normalized spacial score (nSPS) is 14.4. The number of benzene rings is 2. The quantitative estimate of drug-likeness (QED) is 0.627. The second kappa shape index (κ2) is 9.75. The van der Waals surface area contributed by atoms with Crippen LogP contribution in [0.4, 0.5) is 4.39 Å². The Labute approximate surface area is 181 Å². The molecule has 1 aliphatic rings. The van der Waals surface area contributed by atoms with E-state index in [0.717, 1.165) is 25.2 Å². The molecule has 0 saturated carbocycles. The number of rotatable bonds is 7. The number of nitrogens with zero attached hydrogens (tertiary/aromatic N) is 3. The third-order valence-electron chi connectivity index (χ3n) is 5.54. The fourth-order valence-corrected chi connectivity index (χ4v) is 3.85. The molecule has 2 aromatic carbocycles. The first-order chi connectivity index (χ1) is 15.1. The van der Waals surface area contributed by atoms with Crippen LogP contribution in [0.1, 0.15) is 29.8 Å². The molecule has 0 bridgehead atoms. The van der Waals surface area contributed by atoms with Crippen molar-refractivity contribution in [2.45, 2.75) is 19.3 Å². The van der Waals surface area contributed by atoms with Crippen molar-refractivity contribution in [1.29, 1.82) is 0 Å². The number of halogens is 1. The van der Waals surface area contributed by atoms with E-state index in [9.17, 15) is 9.18 Å². The van der Waals surface area contributed by atoms with E-state index in [1.54, 1.807) is 30.0 Å². The molecule has 1 amide bonds. The van der Waals surface area contributed by atoms with Gasteiger partial charge in [-0.3, -0.25) is 4.79 Å². The highest BCUT2D eigenvalue weighted by Crippen LogP contribution is 2.25. The minimum absolute atomic E-state index is 0.206. The zero-order chi connectivity index (χ0) is 21.6. The van der Waals surface area contributed by atoms with Crippen LogP contribution in [0.25, 0.3) is 16.9 Å². The van der Waals surface area contributed by atoms with E-state index in [4.69, 9.17) is 4.74 Å². The fraction of sp³-hybridized carbons (Fsp3) is 0.333. The number of methoxy groups -OCH3 is 1. The first-order valence-electron chi connectivity index (χ1n) is 10.6. The summed E-state index contributed by atoms with van der Waals surface area (Å²) in [6.07, 6.45) is 3.72. The SMILES string of the molecule is COc1cccc(-c2cc(C(=O)NCCN3CCCCC3)n(-c3ccc(F)cc3)n2)c1. The summed E-state index contributed by atoms with van der Waals surface area (Å²) < 4.78 is 20.3. The zero-order valence-corrected chi connectivity index (χ0v) is 17.7. The summed E-state index contributed by atoms with van der Waals surface area (Å²) in [7, 11) is 1.61. The van der Waals surface area contributed by atoms with Gasteiger partial charge in [0.05, 0.1) is 18.5 Å². The largest absolute Gasteiger partial charge is 0.497 e. The van der Waals surface area contributed by atoms with Crippen molar-refractivity contribution in [3.8, 4) is 22.7 Å². The molecule has 4 rings (SSSR count). The Hall–Kier alpha value is -3.19. The molecule has 6 nitrogen and oxygen atoms in total. The van der Waals surface area contributed by atoms with Gasteiger partial charge in [-0.25, -0.2) is 9.07 Å². The molecule has 3 aromatic rings. The lowest BCUT2D eigenvalue weighted by molar-refractivity contribution is 0.0939. The van der Waals surface area contributed by atoms with E-state index in [1.165, 1.54) is 31.4 Å². The summed E-state index contributed by atoms with van der Waals surface area (Å²) in [6, 6.07) is 15.2. The van der Waals surface area contributed by atoms with Gasteiger partial charge < -0.3 is 15.0 Å². The van der Waals surface area contributed by atoms with Crippen molar-refractivity contribution < 1.29 is 13.9 Å². The van der Waals surface area contributed by atoms with E-state index in [0.29, 0.717) is 29.4 Å². The van der Waals surface area contributed by atoms with Gasteiger partial charge in [-0.15, -0.1) is 0 Å². The number of likely N-dealkylation sites (tertiary alicyclic amines) is 1. The molecule has 31 heavy (non-hydrogen) atoms. The Balaban J connectivity index is 1.58. The highest BCUT2D eigenvalue weighted by molar-refractivity contribution is 5.94. The van der Waals surface area contributed by atoms with Crippen LogP contribution in [0.3, 0.4) is 0 Å². The molecule has 1 fully saturated rings. The van der Waals surface area contributed by atoms with Gasteiger partial charge in [0.25, 0.3) is 5.91 Å². The predicted octanol–water partition coefficient (Wildman–Crippen LogP) is 3.90. The molecule has 2 heterocycles. The van der Waals surface area contributed by atoms with Crippen molar-refractivity contribution in [2.75, 3.05) is 33.3 Å². The molecule has 0 aliphatic carbocycles. The molecule has 0 atom stereocenters. The van der Waals surface area contributed by atoms with Crippen LogP contribution in [0.2, 0.25) is 0 Å². The minimum Gasteiger partial charge on any atom is -0.497 e. The second-order valence-electron chi connectivity index (χ2n) is 7.69. The summed E-state index contributed by atoms with van der Waals surface area (Å²) in [5.41, 5.74) is 2.51. The average molecular weight is 423 g/mol. The maximum atomic E-state index is 13.4. The highest BCUT2D eigenvalue weighted by Gasteiger charge is 2.18. The summed E-state index contributed by atoms with van der Waals surface area (Å²) in [5.74, 6) is 0.167. The molecular formula is C24H27FN4O2. The van der Waals surface area contributed by atoms with Crippen molar-refractivity contribution >= 4 is 5.91 Å². The number of hydrogen-bond donors (Lipinski definition) is 1. The zero-order valence-electron chi connectivity index (χ0n) is 17.7. The standard InChI is InChI=1S/C24H27FN4O2/c1-31-21-7-5-6-18(16-21)22-17-23(29(27-22)20-10-8-19(25)9-11-20)24(30)26-12-15-28-13-3-2-4-14-28/h5-11,16-17H,2-4,12-15H2,1H3,(H,26,30). The molecule has 0 unspecified atom stereocenters. The predicted molar refractivity (Wildman–Crippen MR) is 118 cm³/mol. The third-order valence-corrected chi connectivity index (χ3v) is 5.54. The monoisotopic (exact) mass is 422 g/mol. The van der Waals surface area contributed by atoms with Crippen LogP contribution in [0.15, 0.2) is 54.6 Å². The van der Waals surface area contributed by atoms with E-state index in [1.807, 2.05) is 24.3 Å². The third kappa shape index (κ3) is 5.11. The summed E-state index contributed by atoms with van der Waals surface area (Å²) in [4.78, 5) is 15.4. The molecule has 0 spiro atoms. The van der Waals surface area contributed by atoms with Crippen molar-refractivity contribution in [2.24, 2.45) is 0 Å². The van der Waals surface area contributed by atoms with Gasteiger partial charge in [0.1, 0.15) is 17.3 Å². The number of piperidine rings is 1. The Morgan fingerprint density at radius 1 is 1.10 bits per heavy atom. The molecule has 1 aromatic heterocycles. The summed E-state index contributed by atoms with van der Waals surface area (Å²) >= 11 is 0. The number of amides is 1. The lowest BCUT2D eigenvalue weighted by Gasteiger charge is -2.26. The number of carbonyl (C=O) groups excluding carboxylic acids is 1. The van der Waals surface area contributed by atoms with E-state index >= 15 is 0 Å². The Bertz CT molecular complexity index is 1030. The molecular weight excluding hydrogens is 395 g/mol. The summed E-state index contributed by atoms with van der Waals surface area (Å²) in [6.45, 7) is 3.58. The average Bonchev–Trinajstić information content (AvgIpc) is 3.26. The maximum Gasteiger partial charge on any atom is 0.270 e. The molecule has 7 heteroatoms. The van der Waals surface area contributed by atoms with Crippen LogP contribution in [-0.4, -0.2) is 53.9 Å². The maximum absolute atomic E-state index is 13.4. The number of nitrogens with one attached hydrogen (secondary N) is 1. The van der Waals surface area contributed by atoms with Gasteiger partial charge in [0, 0.05) is 18.7 Å². The van der Waals surface area contributed by atoms with Gasteiger partial charge in [-0.05, 0) is 68.4 Å². The summed E-state index contributed by atoms with van der Waals surface area (Å²) in [5, 5.41) is 7.66. The Morgan fingerprint density at radius 3 is 2.61 bits per heavy atom. The number of ether oxygens (including phenoxy) is 1. The smallest absolute Gasteiger partial charge is 0.270 e. The fourth-order valence-electron chi connectivity index (χ4n) is 3.85. The Morgan fingerprint density at radius 2 is 1.87 bits per heavy atom. The van der Waals surface area contributed by atoms with Gasteiger partial charge in [-0.2, -0.15) is 5.10 Å². The van der Waals surface area contributed by atoms with Crippen molar-refractivity contribution in [1.82, 2.24) is 20.0 Å². The van der Waals surface area contributed by atoms with Crippen molar-refractivity contribution in [3.63, 3.8) is 0 Å². The Kier molecular flexibility index (Phi) is 6.62. The number of aromatic nitrogens is 2. The van der Waals surface area contributed by atoms with Crippen molar-refractivity contribution in [3.05, 3.63) is 66.1 Å². The number of hydrogen-bond acceptors (Lipinski definition) is 4. The van der Waals surface area contributed by atoms with Gasteiger partial charge in [0.15, 0.2) is 0 Å². The lowest BCUT2D eigenvalue weighted by Crippen LogP contribution is -2.38. The molecule has 0 radical (unpaired) electrons. The van der Waals surface area contributed by atoms with Gasteiger partial charge in [-0.1, -0.05) is 18.6 Å². The van der Waals surface area contributed by atoms with Crippen LogP contribution in [-0.2, 0) is 0 Å². The highest BCUT2D eigenvalue weighted by atomic mass is 19.1. The molecule has 1 saturated heterocycles. The van der Waals surface area contributed by atoms with E-state index < -0.39 is 0 Å². The first-order valence-corrected chi connectivity index (χ1v) is 10.6.